The average Bonchev–Trinajstić information content (AvgIpc) is 2.27. The molecule has 1 aromatic carbocycles. The van der Waals surface area contributed by atoms with Gasteiger partial charge in [-0.1, -0.05) is 0 Å². The molecule has 0 radical (unpaired) electrons. The Hall–Kier alpha value is -1.67. The standard InChI is InChI=1S/C8H11N3O4S/c1-2-16(14,15)10-9-7-3-5-8(6-4-7)11(12)13/h3-6,9-10H,2H2,1H3. The highest BCUT2D eigenvalue weighted by molar-refractivity contribution is 7.89. The van der Waals surface area contributed by atoms with Crippen molar-refractivity contribution in [3.05, 3.63) is 34.4 Å². The highest BCUT2D eigenvalue weighted by Gasteiger charge is 2.06. The number of nitrogens with one attached hydrogen (secondary N) is 2. The molecule has 0 saturated heterocycles. The van der Waals surface area contributed by atoms with Crippen molar-refractivity contribution in [2.24, 2.45) is 0 Å². The van der Waals surface area contributed by atoms with Gasteiger partial charge in [0.2, 0.25) is 10.0 Å². The number of nitro benzene ring substituents is 1. The highest BCUT2D eigenvalue weighted by Crippen LogP contribution is 2.14. The van der Waals surface area contributed by atoms with Crippen LogP contribution in [0.15, 0.2) is 24.3 Å². The number of hydrogen-bond donors (Lipinski definition) is 2. The Balaban J connectivity index is 2.66. The molecule has 0 spiro atoms. The molecule has 0 atom stereocenters. The van der Waals surface area contributed by atoms with Gasteiger partial charge in [-0.25, -0.2) is 8.42 Å². The van der Waals surface area contributed by atoms with Gasteiger partial charge in [0.05, 0.1) is 16.4 Å². The SMILES string of the molecule is CCS(=O)(=O)NNc1ccc([N+](=O)[O-])cc1. The second-order valence-corrected chi connectivity index (χ2v) is 4.95. The normalized spacial score (nSPS) is 11.1. The molecule has 0 aliphatic rings. The lowest BCUT2D eigenvalue weighted by Crippen LogP contribution is -2.30. The third-order valence-electron chi connectivity index (χ3n) is 1.81. The first-order valence-corrected chi connectivity index (χ1v) is 6.10. The van der Waals surface area contributed by atoms with Crippen molar-refractivity contribution in [3.8, 4) is 0 Å². The molecule has 0 aliphatic heterocycles. The molecule has 0 saturated carbocycles. The van der Waals surface area contributed by atoms with E-state index in [4.69, 9.17) is 0 Å². The van der Waals surface area contributed by atoms with Crippen LogP contribution in [0.25, 0.3) is 0 Å². The van der Waals surface area contributed by atoms with Crippen LogP contribution in [0.2, 0.25) is 0 Å². The Morgan fingerprint density at radius 1 is 1.31 bits per heavy atom. The smallest absolute Gasteiger partial charge is 0.269 e. The van der Waals surface area contributed by atoms with Crippen LogP contribution in [0.4, 0.5) is 11.4 Å². The number of rotatable bonds is 5. The van der Waals surface area contributed by atoms with Gasteiger partial charge in [0.1, 0.15) is 0 Å². The number of non-ortho nitro benzene ring substituents is 1. The summed E-state index contributed by atoms with van der Waals surface area (Å²) in [6.07, 6.45) is 0. The summed E-state index contributed by atoms with van der Waals surface area (Å²) in [5, 5.41) is 10.3. The summed E-state index contributed by atoms with van der Waals surface area (Å²) in [4.78, 5) is 11.9. The molecule has 0 bridgehead atoms. The van der Waals surface area contributed by atoms with Crippen molar-refractivity contribution in [2.75, 3.05) is 11.2 Å². The highest BCUT2D eigenvalue weighted by atomic mass is 32.2. The molecule has 0 fully saturated rings. The molecule has 1 aromatic rings. The Kier molecular flexibility index (Phi) is 3.80. The van der Waals surface area contributed by atoms with Crippen LogP contribution < -0.4 is 10.3 Å². The second kappa shape index (κ2) is 4.90. The molecule has 0 heterocycles. The van der Waals surface area contributed by atoms with E-state index in [0.29, 0.717) is 5.69 Å². The molecule has 8 heteroatoms. The first-order chi connectivity index (χ1) is 7.44. The van der Waals surface area contributed by atoms with Crippen LogP contribution in [0.1, 0.15) is 6.92 Å². The lowest BCUT2D eigenvalue weighted by Gasteiger charge is -2.07. The Bertz CT molecular complexity index is 469. The van der Waals surface area contributed by atoms with Gasteiger partial charge in [0.25, 0.3) is 5.69 Å². The molecule has 0 unspecified atom stereocenters. The van der Waals surface area contributed by atoms with E-state index in [-0.39, 0.29) is 11.4 Å². The number of anilines is 1. The topological polar surface area (TPSA) is 101 Å². The van der Waals surface area contributed by atoms with E-state index in [0.717, 1.165) is 0 Å². The minimum Gasteiger partial charge on any atom is -0.308 e. The van der Waals surface area contributed by atoms with E-state index in [2.05, 4.69) is 10.3 Å². The maximum Gasteiger partial charge on any atom is 0.269 e. The quantitative estimate of drug-likeness (QED) is 0.591. The fourth-order valence-corrected chi connectivity index (χ4v) is 1.29. The van der Waals surface area contributed by atoms with Crippen molar-refractivity contribution in [1.82, 2.24) is 4.83 Å². The predicted molar refractivity (Wildman–Crippen MR) is 59.3 cm³/mol. The fraction of sp³-hybridized carbons (Fsp3) is 0.250. The van der Waals surface area contributed by atoms with Crippen molar-refractivity contribution in [2.45, 2.75) is 6.92 Å². The summed E-state index contributed by atoms with van der Waals surface area (Å²) < 4.78 is 22.1. The molecule has 0 aliphatic carbocycles. The summed E-state index contributed by atoms with van der Waals surface area (Å²) in [5.41, 5.74) is 2.82. The zero-order valence-corrected chi connectivity index (χ0v) is 9.32. The van der Waals surface area contributed by atoms with Gasteiger partial charge in [0, 0.05) is 12.1 Å². The third-order valence-corrected chi connectivity index (χ3v) is 2.98. The van der Waals surface area contributed by atoms with E-state index in [1.54, 1.807) is 0 Å². The van der Waals surface area contributed by atoms with Crippen molar-refractivity contribution < 1.29 is 13.3 Å². The zero-order valence-electron chi connectivity index (χ0n) is 8.50. The molecule has 16 heavy (non-hydrogen) atoms. The van der Waals surface area contributed by atoms with E-state index in [9.17, 15) is 18.5 Å². The van der Waals surface area contributed by atoms with Crippen LogP contribution in [-0.2, 0) is 10.0 Å². The molecule has 0 amide bonds. The van der Waals surface area contributed by atoms with Crippen LogP contribution in [-0.4, -0.2) is 19.1 Å². The van der Waals surface area contributed by atoms with Crippen molar-refractivity contribution >= 4 is 21.4 Å². The number of sulfonamides is 1. The van der Waals surface area contributed by atoms with Crippen LogP contribution in [0.5, 0.6) is 0 Å². The third kappa shape index (κ3) is 3.48. The Labute approximate surface area is 92.6 Å². The number of nitrogens with zero attached hydrogens (tertiary/aromatic N) is 1. The van der Waals surface area contributed by atoms with Crippen LogP contribution in [0.3, 0.4) is 0 Å². The van der Waals surface area contributed by atoms with Crippen LogP contribution >= 0.6 is 0 Å². The summed E-state index contributed by atoms with van der Waals surface area (Å²) >= 11 is 0. The zero-order chi connectivity index (χ0) is 12.2. The maximum absolute atomic E-state index is 11.1. The lowest BCUT2D eigenvalue weighted by molar-refractivity contribution is -0.384. The monoisotopic (exact) mass is 245 g/mol. The Morgan fingerprint density at radius 3 is 2.31 bits per heavy atom. The molecular formula is C8H11N3O4S. The van der Waals surface area contributed by atoms with Crippen LogP contribution in [0, 0.1) is 10.1 Å². The number of benzene rings is 1. The Morgan fingerprint density at radius 2 is 1.88 bits per heavy atom. The average molecular weight is 245 g/mol. The maximum atomic E-state index is 11.1. The molecule has 2 N–H and O–H groups in total. The summed E-state index contributed by atoms with van der Waals surface area (Å²) in [6.45, 7) is 1.50. The second-order valence-electron chi connectivity index (χ2n) is 2.93. The fourth-order valence-electron chi connectivity index (χ4n) is 0.875. The number of nitro groups is 1. The summed E-state index contributed by atoms with van der Waals surface area (Å²) in [6, 6.07) is 5.39. The van der Waals surface area contributed by atoms with Crippen molar-refractivity contribution in [1.29, 1.82) is 0 Å². The largest absolute Gasteiger partial charge is 0.308 e. The van der Waals surface area contributed by atoms with Gasteiger partial charge >= 0.3 is 0 Å². The summed E-state index contributed by atoms with van der Waals surface area (Å²) in [7, 11) is -3.34. The minimum atomic E-state index is -3.34. The molecule has 1 rings (SSSR count). The first kappa shape index (κ1) is 12.4. The van der Waals surface area contributed by atoms with Gasteiger partial charge in [-0.3, -0.25) is 10.1 Å². The van der Waals surface area contributed by atoms with E-state index >= 15 is 0 Å². The lowest BCUT2D eigenvalue weighted by atomic mass is 10.3. The van der Waals surface area contributed by atoms with Gasteiger partial charge in [-0.05, 0) is 19.1 Å². The molecule has 7 nitrogen and oxygen atoms in total. The van der Waals surface area contributed by atoms with Gasteiger partial charge in [-0.2, -0.15) is 0 Å². The van der Waals surface area contributed by atoms with Crippen molar-refractivity contribution in [3.63, 3.8) is 0 Å². The molecule has 0 aromatic heterocycles. The van der Waals surface area contributed by atoms with Gasteiger partial charge in [0.15, 0.2) is 0 Å². The molecular weight excluding hydrogens is 234 g/mol. The number of hydrazine groups is 1. The molecule has 88 valence electrons. The van der Waals surface area contributed by atoms with Gasteiger partial charge < -0.3 is 5.43 Å². The first-order valence-electron chi connectivity index (χ1n) is 4.44. The number of hydrogen-bond acceptors (Lipinski definition) is 5. The van der Waals surface area contributed by atoms with E-state index < -0.39 is 14.9 Å². The summed E-state index contributed by atoms with van der Waals surface area (Å²) in [5.74, 6) is -0.0486. The predicted octanol–water partition coefficient (Wildman–Crippen LogP) is 0.861. The van der Waals surface area contributed by atoms with E-state index in [1.165, 1.54) is 31.2 Å². The van der Waals surface area contributed by atoms with E-state index in [1.807, 2.05) is 0 Å². The van der Waals surface area contributed by atoms with Gasteiger partial charge in [-0.15, -0.1) is 4.83 Å². The minimum absolute atomic E-state index is 0.0486.